The van der Waals surface area contributed by atoms with E-state index in [0.717, 1.165) is 30.3 Å². The fraction of sp³-hybridized carbons (Fsp3) is 1.00. The quantitative estimate of drug-likeness (QED) is 0.754. The molecule has 0 heterocycles. The third-order valence-electron chi connectivity index (χ3n) is 4.82. The molecule has 2 saturated carbocycles. The predicted octanol–water partition coefficient (Wildman–Crippen LogP) is 4.23. The van der Waals surface area contributed by atoms with Crippen molar-refractivity contribution in [3.63, 3.8) is 0 Å². The minimum absolute atomic E-state index is 0.463. The summed E-state index contributed by atoms with van der Waals surface area (Å²) in [6.07, 6.45) is 8.92. The van der Waals surface area contributed by atoms with Crippen LogP contribution in [0.15, 0.2) is 0 Å². The Morgan fingerprint density at radius 1 is 1.18 bits per heavy atom. The molecule has 100 valence electrons. The van der Waals surface area contributed by atoms with Gasteiger partial charge in [0.1, 0.15) is 0 Å². The molecule has 4 unspecified atom stereocenters. The van der Waals surface area contributed by atoms with Crippen LogP contribution in [0.25, 0.3) is 0 Å². The van der Waals surface area contributed by atoms with E-state index < -0.39 is 0 Å². The first-order valence-electron chi connectivity index (χ1n) is 7.71. The van der Waals surface area contributed by atoms with Crippen LogP contribution in [-0.2, 0) is 0 Å². The van der Waals surface area contributed by atoms with Crippen LogP contribution in [0.5, 0.6) is 0 Å². The van der Waals surface area contributed by atoms with Gasteiger partial charge < -0.3 is 5.32 Å². The molecule has 0 aliphatic heterocycles. The van der Waals surface area contributed by atoms with Crippen LogP contribution in [0.4, 0.5) is 0 Å². The Kier molecular flexibility index (Phi) is 4.18. The van der Waals surface area contributed by atoms with Gasteiger partial charge in [-0.15, -0.1) is 0 Å². The second kappa shape index (κ2) is 5.30. The number of nitrogens with one attached hydrogen (secondary N) is 1. The van der Waals surface area contributed by atoms with Crippen LogP contribution in [0.1, 0.15) is 66.2 Å². The van der Waals surface area contributed by atoms with Gasteiger partial charge in [-0.1, -0.05) is 34.1 Å². The maximum Gasteiger partial charge on any atom is 0.00746 e. The molecule has 2 fully saturated rings. The average Bonchev–Trinajstić information content (AvgIpc) is 2.76. The Morgan fingerprint density at radius 3 is 2.41 bits per heavy atom. The first kappa shape index (κ1) is 13.4. The SMILES string of the molecule is CCNC(CC1CC2CCC1C2)CC(C)(C)C. The minimum atomic E-state index is 0.463. The van der Waals surface area contributed by atoms with E-state index in [-0.39, 0.29) is 0 Å². The van der Waals surface area contributed by atoms with E-state index in [9.17, 15) is 0 Å². The molecule has 4 atom stereocenters. The summed E-state index contributed by atoms with van der Waals surface area (Å²) in [5, 5.41) is 3.73. The fourth-order valence-electron chi connectivity index (χ4n) is 4.30. The fourth-order valence-corrected chi connectivity index (χ4v) is 4.30. The van der Waals surface area contributed by atoms with Crippen LogP contribution >= 0.6 is 0 Å². The van der Waals surface area contributed by atoms with Gasteiger partial charge in [-0.2, -0.15) is 0 Å². The van der Waals surface area contributed by atoms with E-state index in [0.29, 0.717) is 5.41 Å². The Hall–Kier alpha value is -0.0400. The van der Waals surface area contributed by atoms with Gasteiger partial charge in [0.05, 0.1) is 0 Å². The highest BCUT2D eigenvalue weighted by atomic mass is 14.9. The molecule has 0 amide bonds. The van der Waals surface area contributed by atoms with Gasteiger partial charge in [-0.25, -0.2) is 0 Å². The lowest BCUT2D eigenvalue weighted by Crippen LogP contribution is -2.35. The van der Waals surface area contributed by atoms with Crippen LogP contribution in [-0.4, -0.2) is 12.6 Å². The summed E-state index contributed by atoms with van der Waals surface area (Å²) in [4.78, 5) is 0. The third kappa shape index (κ3) is 3.71. The zero-order valence-electron chi connectivity index (χ0n) is 12.3. The topological polar surface area (TPSA) is 12.0 Å². The number of fused-ring (bicyclic) bond motifs is 2. The highest BCUT2D eigenvalue weighted by Crippen LogP contribution is 2.50. The van der Waals surface area contributed by atoms with Crippen molar-refractivity contribution in [3.05, 3.63) is 0 Å². The van der Waals surface area contributed by atoms with Crippen LogP contribution < -0.4 is 5.32 Å². The van der Waals surface area contributed by atoms with Crippen molar-refractivity contribution in [1.82, 2.24) is 5.32 Å². The van der Waals surface area contributed by atoms with Gasteiger partial charge in [0.15, 0.2) is 0 Å². The van der Waals surface area contributed by atoms with Crippen LogP contribution in [0.3, 0.4) is 0 Å². The molecule has 0 aromatic carbocycles. The Morgan fingerprint density at radius 2 is 1.94 bits per heavy atom. The lowest BCUT2D eigenvalue weighted by atomic mass is 9.79. The molecular weight excluding hydrogens is 206 g/mol. The van der Waals surface area contributed by atoms with E-state index in [1.54, 1.807) is 6.42 Å². The van der Waals surface area contributed by atoms with Gasteiger partial charge in [-0.3, -0.25) is 0 Å². The molecule has 2 bridgehead atoms. The summed E-state index contributed by atoms with van der Waals surface area (Å²) in [5.74, 6) is 3.23. The summed E-state index contributed by atoms with van der Waals surface area (Å²) in [5.41, 5.74) is 0.463. The van der Waals surface area contributed by atoms with Gasteiger partial charge in [-0.05, 0) is 61.8 Å². The molecular formula is C16H31N. The lowest BCUT2D eigenvalue weighted by molar-refractivity contribution is 0.234. The maximum atomic E-state index is 3.73. The minimum Gasteiger partial charge on any atom is -0.314 e. The van der Waals surface area contributed by atoms with Crippen LogP contribution in [0, 0.1) is 23.2 Å². The summed E-state index contributed by atoms with van der Waals surface area (Å²) < 4.78 is 0. The lowest BCUT2D eigenvalue weighted by Gasteiger charge is -2.31. The molecule has 0 radical (unpaired) electrons. The zero-order chi connectivity index (χ0) is 12.5. The molecule has 0 spiro atoms. The summed E-state index contributed by atoms with van der Waals surface area (Å²) in [6, 6.07) is 0.754. The largest absolute Gasteiger partial charge is 0.314 e. The molecule has 1 N–H and O–H groups in total. The van der Waals surface area contributed by atoms with Crippen molar-refractivity contribution < 1.29 is 0 Å². The van der Waals surface area contributed by atoms with Gasteiger partial charge in [0.2, 0.25) is 0 Å². The number of hydrogen-bond acceptors (Lipinski definition) is 1. The zero-order valence-corrected chi connectivity index (χ0v) is 12.3. The second-order valence-electron chi connectivity index (χ2n) is 7.69. The van der Waals surface area contributed by atoms with Gasteiger partial charge in [0.25, 0.3) is 0 Å². The number of rotatable bonds is 5. The van der Waals surface area contributed by atoms with E-state index in [2.05, 4.69) is 33.0 Å². The van der Waals surface area contributed by atoms with Crippen molar-refractivity contribution in [1.29, 1.82) is 0 Å². The van der Waals surface area contributed by atoms with Crippen molar-refractivity contribution in [2.45, 2.75) is 72.3 Å². The van der Waals surface area contributed by atoms with Crippen molar-refractivity contribution in [3.8, 4) is 0 Å². The van der Waals surface area contributed by atoms with E-state index in [1.165, 1.54) is 32.1 Å². The Bertz CT molecular complexity index is 240. The van der Waals surface area contributed by atoms with E-state index in [1.807, 2.05) is 0 Å². The highest BCUT2D eigenvalue weighted by Gasteiger charge is 2.40. The first-order valence-corrected chi connectivity index (χ1v) is 7.71. The van der Waals surface area contributed by atoms with E-state index >= 15 is 0 Å². The third-order valence-corrected chi connectivity index (χ3v) is 4.82. The van der Waals surface area contributed by atoms with Gasteiger partial charge in [0, 0.05) is 6.04 Å². The normalized spacial score (nSPS) is 34.2. The monoisotopic (exact) mass is 237 g/mol. The van der Waals surface area contributed by atoms with Crippen LogP contribution in [0.2, 0.25) is 0 Å². The smallest absolute Gasteiger partial charge is 0.00746 e. The standard InChI is InChI=1S/C16H31N/c1-5-17-15(11-16(2,3)4)10-14-9-12-6-7-13(14)8-12/h12-15,17H,5-11H2,1-4H3. The first-order chi connectivity index (χ1) is 7.98. The molecule has 17 heavy (non-hydrogen) atoms. The maximum absolute atomic E-state index is 3.73. The molecule has 0 aromatic rings. The molecule has 0 saturated heterocycles. The molecule has 1 nitrogen and oxygen atoms in total. The summed E-state index contributed by atoms with van der Waals surface area (Å²) in [7, 11) is 0. The van der Waals surface area contributed by atoms with Crippen molar-refractivity contribution in [2.75, 3.05) is 6.54 Å². The predicted molar refractivity (Wildman–Crippen MR) is 75.1 cm³/mol. The number of hydrogen-bond donors (Lipinski definition) is 1. The Labute approximate surface area is 108 Å². The molecule has 2 rings (SSSR count). The molecule has 2 aliphatic rings. The Balaban J connectivity index is 1.85. The summed E-state index contributed by atoms with van der Waals surface area (Å²) >= 11 is 0. The second-order valence-corrected chi connectivity index (χ2v) is 7.69. The molecule has 2 aliphatic carbocycles. The van der Waals surface area contributed by atoms with Gasteiger partial charge >= 0.3 is 0 Å². The average molecular weight is 237 g/mol. The molecule has 0 aromatic heterocycles. The highest BCUT2D eigenvalue weighted by molar-refractivity contribution is 4.92. The summed E-state index contributed by atoms with van der Waals surface area (Å²) in [6.45, 7) is 10.5. The van der Waals surface area contributed by atoms with E-state index in [4.69, 9.17) is 0 Å². The van der Waals surface area contributed by atoms with Crippen molar-refractivity contribution >= 4 is 0 Å². The molecule has 1 heteroatoms. The van der Waals surface area contributed by atoms with Crippen molar-refractivity contribution in [2.24, 2.45) is 23.2 Å².